The van der Waals surface area contributed by atoms with Crippen LogP contribution in [0.5, 0.6) is 0 Å². The molecule has 6 nitrogen and oxygen atoms in total. The molecule has 1 aliphatic rings. The standard InChI is InChI=1S/C17H21Cl2F2N3O3/c1-16(2,3)27-15(26)22-8-10-6-7-17(20,21)9-24(10)14(25)13-11(18)4-5-12(19)23-13/h4-5,10H,6-9H2,1-3H3,(H,22,26). The summed E-state index contributed by atoms with van der Waals surface area (Å²) in [4.78, 5) is 29.5. The zero-order valence-corrected chi connectivity index (χ0v) is 16.7. The van der Waals surface area contributed by atoms with Crippen LogP contribution in [0.15, 0.2) is 12.1 Å². The summed E-state index contributed by atoms with van der Waals surface area (Å²) in [7, 11) is 0. The molecule has 0 saturated carbocycles. The highest BCUT2D eigenvalue weighted by Gasteiger charge is 2.43. The van der Waals surface area contributed by atoms with E-state index < -0.39 is 42.5 Å². The van der Waals surface area contributed by atoms with Crippen molar-refractivity contribution in [2.45, 2.75) is 51.2 Å². The third kappa shape index (κ3) is 6.17. The first kappa shape index (κ1) is 21.6. The summed E-state index contributed by atoms with van der Waals surface area (Å²) in [5.41, 5.74) is -0.902. The smallest absolute Gasteiger partial charge is 0.407 e. The van der Waals surface area contributed by atoms with E-state index in [1.807, 2.05) is 0 Å². The molecule has 150 valence electrons. The highest BCUT2D eigenvalue weighted by atomic mass is 35.5. The van der Waals surface area contributed by atoms with E-state index in [0.29, 0.717) is 0 Å². The SMILES string of the molecule is CC(C)(C)OC(=O)NCC1CCC(F)(F)CN1C(=O)c1nc(Cl)ccc1Cl. The van der Waals surface area contributed by atoms with Crippen molar-refractivity contribution in [3.63, 3.8) is 0 Å². The molecular formula is C17H21Cl2F2N3O3. The van der Waals surface area contributed by atoms with E-state index in [1.165, 1.54) is 12.1 Å². The molecule has 27 heavy (non-hydrogen) atoms. The van der Waals surface area contributed by atoms with Gasteiger partial charge >= 0.3 is 6.09 Å². The second-order valence-electron chi connectivity index (χ2n) is 7.33. The monoisotopic (exact) mass is 423 g/mol. The number of piperidine rings is 1. The van der Waals surface area contributed by atoms with Gasteiger partial charge in [-0.05, 0) is 39.3 Å². The molecule has 1 aromatic heterocycles. The lowest BCUT2D eigenvalue weighted by atomic mass is 9.98. The number of amides is 2. The summed E-state index contributed by atoms with van der Waals surface area (Å²) >= 11 is 11.8. The van der Waals surface area contributed by atoms with Crippen molar-refractivity contribution in [2.24, 2.45) is 0 Å². The van der Waals surface area contributed by atoms with E-state index >= 15 is 0 Å². The van der Waals surface area contributed by atoms with Gasteiger partial charge in [-0.25, -0.2) is 18.6 Å². The van der Waals surface area contributed by atoms with Gasteiger partial charge in [0, 0.05) is 13.0 Å². The number of nitrogens with one attached hydrogen (secondary N) is 1. The van der Waals surface area contributed by atoms with Crippen LogP contribution in [0.25, 0.3) is 0 Å². The Morgan fingerprint density at radius 3 is 2.67 bits per heavy atom. The molecule has 1 aliphatic heterocycles. The summed E-state index contributed by atoms with van der Waals surface area (Å²) < 4.78 is 33.0. The summed E-state index contributed by atoms with van der Waals surface area (Å²) in [5.74, 6) is -3.80. The number of pyridine rings is 1. The molecule has 0 bridgehead atoms. The van der Waals surface area contributed by atoms with Gasteiger partial charge in [-0.15, -0.1) is 0 Å². The number of carbonyl (C=O) groups excluding carboxylic acids is 2. The third-order valence-electron chi connectivity index (χ3n) is 3.84. The van der Waals surface area contributed by atoms with E-state index in [9.17, 15) is 18.4 Å². The van der Waals surface area contributed by atoms with Crippen molar-refractivity contribution in [3.8, 4) is 0 Å². The second-order valence-corrected chi connectivity index (χ2v) is 8.12. The molecule has 0 aromatic carbocycles. The summed E-state index contributed by atoms with van der Waals surface area (Å²) in [5, 5.41) is 2.55. The van der Waals surface area contributed by atoms with Crippen LogP contribution in [0.2, 0.25) is 10.2 Å². The van der Waals surface area contributed by atoms with E-state index in [2.05, 4.69) is 10.3 Å². The molecule has 2 heterocycles. The highest BCUT2D eigenvalue weighted by Crippen LogP contribution is 2.32. The zero-order valence-electron chi connectivity index (χ0n) is 15.2. The minimum absolute atomic E-state index is 0.00667. The van der Waals surface area contributed by atoms with Gasteiger partial charge in [0.05, 0.1) is 17.6 Å². The number of carbonyl (C=O) groups is 2. The van der Waals surface area contributed by atoms with Gasteiger partial charge in [0.15, 0.2) is 0 Å². The van der Waals surface area contributed by atoms with Gasteiger partial charge in [-0.1, -0.05) is 23.2 Å². The average molecular weight is 424 g/mol. The third-order valence-corrected chi connectivity index (χ3v) is 4.36. The Hall–Kier alpha value is -1.67. The molecule has 2 amide bonds. The Morgan fingerprint density at radius 2 is 2.04 bits per heavy atom. The molecule has 10 heteroatoms. The van der Waals surface area contributed by atoms with Crippen LogP contribution < -0.4 is 5.32 Å². The maximum atomic E-state index is 13.9. The fourth-order valence-electron chi connectivity index (χ4n) is 2.66. The first-order valence-corrected chi connectivity index (χ1v) is 9.11. The first-order chi connectivity index (χ1) is 12.4. The molecule has 2 rings (SSSR count). The van der Waals surface area contributed by atoms with Gasteiger partial charge in [0.2, 0.25) is 0 Å². The van der Waals surface area contributed by atoms with Crippen molar-refractivity contribution >= 4 is 35.2 Å². The van der Waals surface area contributed by atoms with Crippen LogP contribution in [0, 0.1) is 0 Å². The number of hydrogen-bond acceptors (Lipinski definition) is 4. The van der Waals surface area contributed by atoms with Gasteiger partial charge in [0.1, 0.15) is 16.4 Å². The number of aromatic nitrogens is 1. The Kier molecular flexibility index (Phi) is 6.52. The number of ether oxygens (including phenoxy) is 1. The number of nitrogens with zero attached hydrogens (tertiary/aromatic N) is 2. The molecule has 1 aromatic rings. The molecule has 1 unspecified atom stereocenters. The number of alkyl carbamates (subject to hydrolysis) is 1. The number of alkyl halides is 2. The van der Waals surface area contributed by atoms with Crippen molar-refractivity contribution < 1.29 is 23.1 Å². The number of rotatable bonds is 3. The lowest BCUT2D eigenvalue weighted by Gasteiger charge is -2.39. The zero-order chi connectivity index (χ0) is 20.4. The fraction of sp³-hybridized carbons (Fsp3) is 0.588. The maximum absolute atomic E-state index is 13.9. The molecule has 1 N–H and O–H groups in total. The largest absolute Gasteiger partial charge is 0.444 e. The molecule has 1 saturated heterocycles. The molecule has 0 radical (unpaired) electrons. The lowest BCUT2D eigenvalue weighted by Crippen LogP contribution is -2.55. The molecule has 1 fully saturated rings. The molecular weight excluding hydrogens is 403 g/mol. The van der Waals surface area contributed by atoms with Gasteiger partial charge in [-0.3, -0.25) is 4.79 Å². The van der Waals surface area contributed by atoms with E-state index in [1.54, 1.807) is 20.8 Å². The van der Waals surface area contributed by atoms with E-state index in [0.717, 1.165) is 4.90 Å². The van der Waals surface area contributed by atoms with Gasteiger partial charge in [0.25, 0.3) is 11.8 Å². The number of halogens is 4. The van der Waals surface area contributed by atoms with Gasteiger partial charge in [-0.2, -0.15) is 0 Å². The van der Waals surface area contributed by atoms with Crippen LogP contribution in [-0.2, 0) is 4.74 Å². The predicted octanol–water partition coefficient (Wildman–Crippen LogP) is 4.15. The van der Waals surface area contributed by atoms with Crippen LogP contribution in [0.3, 0.4) is 0 Å². The Morgan fingerprint density at radius 1 is 1.37 bits per heavy atom. The van der Waals surface area contributed by atoms with Crippen molar-refractivity contribution in [1.29, 1.82) is 0 Å². The molecule has 1 atom stereocenters. The second kappa shape index (κ2) is 8.14. The Balaban J connectivity index is 2.16. The maximum Gasteiger partial charge on any atom is 0.407 e. The normalized spacial score (nSPS) is 19.5. The predicted molar refractivity (Wildman–Crippen MR) is 97.5 cm³/mol. The molecule has 0 spiro atoms. The Labute approximate surface area is 166 Å². The van der Waals surface area contributed by atoms with Crippen LogP contribution in [0.4, 0.5) is 13.6 Å². The minimum Gasteiger partial charge on any atom is -0.444 e. The topological polar surface area (TPSA) is 71.5 Å². The number of hydrogen-bond donors (Lipinski definition) is 1. The first-order valence-electron chi connectivity index (χ1n) is 8.36. The van der Waals surface area contributed by atoms with Crippen LogP contribution in [-0.4, -0.2) is 52.5 Å². The Bertz CT molecular complexity index is 726. The number of likely N-dealkylation sites (tertiary alicyclic amines) is 1. The summed E-state index contributed by atoms with van der Waals surface area (Å²) in [6.07, 6.45) is -1.08. The quantitative estimate of drug-likeness (QED) is 0.740. The minimum atomic E-state index is -3.04. The van der Waals surface area contributed by atoms with Crippen LogP contribution in [0.1, 0.15) is 44.1 Å². The van der Waals surface area contributed by atoms with Crippen molar-refractivity contribution in [3.05, 3.63) is 28.0 Å². The van der Waals surface area contributed by atoms with E-state index in [-0.39, 0.29) is 28.8 Å². The fourth-order valence-corrected chi connectivity index (χ4v) is 2.99. The average Bonchev–Trinajstić information content (AvgIpc) is 2.53. The lowest BCUT2D eigenvalue weighted by molar-refractivity contribution is -0.0718. The van der Waals surface area contributed by atoms with Gasteiger partial charge < -0.3 is 15.0 Å². The summed E-state index contributed by atoms with van der Waals surface area (Å²) in [6.45, 7) is 4.29. The van der Waals surface area contributed by atoms with Crippen molar-refractivity contribution in [2.75, 3.05) is 13.1 Å². The summed E-state index contributed by atoms with van der Waals surface area (Å²) in [6, 6.07) is 2.12. The highest BCUT2D eigenvalue weighted by molar-refractivity contribution is 6.34. The van der Waals surface area contributed by atoms with E-state index in [4.69, 9.17) is 27.9 Å². The van der Waals surface area contributed by atoms with Crippen molar-refractivity contribution in [1.82, 2.24) is 15.2 Å². The van der Waals surface area contributed by atoms with Crippen LogP contribution >= 0.6 is 23.2 Å². The molecule has 0 aliphatic carbocycles.